The van der Waals surface area contributed by atoms with Crippen LogP contribution in [0.15, 0.2) is 72.9 Å². The van der Waals surface area contributed by atoms with Crippen molar-refractivity contribution in [3.8, 4) is 0 Å². The van der Waals surface area contributed by atoms with E-state index < -0.39 is 20.0 Å². The number of aliphatic hydroxyl groups excluding tert-OH is 1. The largest absolute Gasteiger partial charge is 0.756 e. The number of quaternary nitrogens is 1. The molecule has 0 aromatic carbocycles. The van der Waals surface area contributed by atoms with Gasteiger partial charge in [-0.3, -0.25) is 9.36 Å². The van der Waals surface area contributed by atoms with Crippen LogP contribution in [0.3, 0.4) is 0 Å². The molecule has 0 aliphatic carbocycles. The molecule has 0 rings (SSSR count). The molecule has 1 amide bonds. The van der Waals surface area contributed by atoms with Crippen molar-refractivity contribution in [2.75, 3.05) is 40.9 Å². The maximum absolute atomic E-state index is 13.0. The molecule has 9 heteroatoms. The zero-order valence-corrected chi connectivity index (χ0v) is 52.3. The summed E-state index contributed by atoms with van der Waals surface area (Å²) in [4.78, 5) is 25.6. The molecule has 0 spiro atoms. The van der Waals surface area contributed by atoms with E-state index in [2.05, 4.69) is 92.1 Å². The van der Waals surface area contributed by atoms with E-state index in [1.54, 1.807) is 0 Å². The molecule has 0 aromatic heterocycles. The molecule has 450 valence electrons. The Morgan fingerprint density at radius 3 is 1.16 bits per heavy atom. The summed E-state index contributed by atoms with van der Waals surface area (Å²) in [6.07, 6.45) is 81.0. The maximum Gasteiger partial charge on any atom is 0.268 e. The molecule has 3 unspecified atom stereocenters. The minimum Gasteiger partial charge on any atom is -0.756 e. The van der Waals surface area contributed by atoms with Gasteiger partial charge in [0.05, 0.1) is 39.9 Å². The third kappa shape index (κ3) is 61.4. The summed E-state index contributed by atoms with van der Waals surface area (Å²) in [7, 11) is 1.30. The van der Waals surface area contributed by atoms with Crippen LogP contribution < -0.4 is 10.2 Å². The average molecular weight is 1100 g/mol. The normalized spacial score (nSPS) is 14.2. The molecule has 2 N–H and O–H groups in total. The lowest BCUT2D eigenvalue weighted by atomic mass is 10.0. The molecule has 0 heterocycles. The number of unbranched alkanes of at least 4 members (excludes halogenated alkanes) is 35. The Kier molecular flexibility index (Phi) is 57.0. The fraction of sp³-hybridized carbons (Fsp3) is 0.809. The van der Waals surface area contributed by atoms with Crippen LogP contribution in [0.4, 0.5) is 0 Å². The number of likely N-dealkylation sites (N-methyl/N-ethyl adjacent to an activating group) is 1. The third-order valence-corrected chi connectivity index (χ3v) is 15.7. The molecule has 3 atom stereocenters. The molecule has 8 nitrogen and oxygen atoms in total. The van der Waals surface area contributed by atoms with Crippen LogP contribution in [-0.2, 0) is 18.4 Å². The summed E-state index contributed by atoms with van der Waals surface area (Å²) in [6, 6.07) is -0.811. The molecular weight excluding hydrogens is 972 g/mol. The highest BCUT2D eigenvalue weighted by molar-refractivity contribution is 7.45. The van der Waals surface area contributed by atoms with E-state index in [4.69, 9.17) is 9.05 Å². The molecule has 0 saturated carbocycles. The van der Waals surface area contributed by atoms with E-state index in [-0.39, 0.29) is 19.1 Å². The summed E-state index contributed by atoms with van der Waals surface area (Å²) in [6.45, 7) is 4.63. The number of aliphatic hydroxyl groups is 1. The van der Waals surface area contributed by atoms with Crippen LogP contribution in [-0.4, -0.2) is 68.5 Å². The lowest BCUT2D eigenvalue weighted by Gasteiger charge is -2.30. The third-order valence-electron chi connectivity index (χ3n) is 14.7. The smallest absolute Gasteiger partial charge is 0.268 e. The average Bonchev–Trinajstić information content (AvgIpc) is 3.39. The van der Waals surface area contributed by atoms with Crippen molar-refractivity contribution in [2.24, 2.45) is 0 Å². The van der Waals surface area contributed by atoms with Crippen molar-refractivity contribution in [1.82, 2.24) is 5.32 Å². The van der Waals surface area contributed by atoms with Gasteiger partial charge in [0, 0.05) is 6.42 Å². The SMILES string of the molecule is CC/C=C\C/C=C\C/C=C\C/C=C\C/C=C\C/C=C\CCCCCCCCCCC(=O)NC(COP(=O)([O-])OCC[N+](C)(C)C)C(O)CCCCCCCCCCCCCCCCCCCCCCCCCCCCCC. The fourth-order valence-corrected chi connectivity index (χ4v) is 10.4. The van der Waals surface area contributed by atoms with Gasteiger partial charge in [-0.25, -0.2) is 0 Å². The summed E-state index contributed by atoms with van der Waals surface area (Å²) < 4.78 is 23.5. The summed E-state index contributed by atoms with van der Waals surface area (Å²) in [5.41, 5.74) is 0. The van der Waals surface area contributed by atoms with Crippen LogP contribution in [0, 0.1) is 0 Å². The van der Waals surface area contributed by atoms with E-state index in [0.29, 0.717) is 23.9 Å². The second-order valence-electron chi connectivity index (χ2n) is 23.4. The second-order valence-corrected chi connectivity index (χ2v) is 24.9. The molecule has 0 fully saturated rings. The van der Waals surface area contributed by atoms with Crippen LogP contribution in [0.5, 0.6) is 0 Å². The number of rotatable bonds is 60. The van der Waals surface area contributed by atoms with Crippen molar-refractivity contribution in [2.45, 2.75) is 315 Å². The Morgan fingerprint density at radius 1 is 0.468 bits per heavy atom. The molecular formula is C68H127N2O6P. The van der Waals surface area contributed by atoms with Crippen molar-refractivity contribution >= 4 is 13.7 Å². The Labute approximate surface area is 478 Å². The first-order chi connectivity index (χ1) is 37.5. The first-order valence-corrected chi connectivity index (χ1v) is 34.2. The van der Waals surface area contributed by atoms with Gasteiger partial charge in [-0.1, -0.05) is 305 Å². The highest BCUT2D eigenvalue weighted by Gasteiger charge is 2.24. The summed E-state index contributed by atoms with van der Waals surface area (Å²) >= 11 is 0. The van der Waals surface area contributed by atoms with Gasteiger partial charge >= 0.3 is 0 Å². The first-order valence-electron chi connectivity index (χ1n) is 32.8. The van der Waals surface area contributed by atoms with E-state index in [0.717, 1.165) is 83.5 Å². The highest BCUT2D eigenvalue weighted by Crippen LogP contribution is 2.38. The Morgan fingerprint density at radius 2 is 0.792 bits per heavy atom. The van der Waals surface area contributed by atoms with E-state index in [1.165, 1.54) is 193 Å². The molecule has 77 heavy (non-hydrogen) atoms. The molecule has 0 aromatic rings. The molecule has 0 radical (unpaired) electrons. The Bertz CT molecular complexity index is 1480. The first kappa shape index (κ1) is 74.9. The quantitative estimate of drug-likeness (QED) is 0.0272. The van der Waals surface area contributed by atoms with Crippen LogP contribution in [0.2, 0.25) is 0 Å². The minimum absolute atomic E-state index is 0.00775. The van der Waals surface area contributed by atoms with Crippen LogP contribution in [0.1, 0.15) is 303 Å². The van der Waals surface area contributed by atoms with Gasteiger partial charge in [-0.15, -0.1) is 0 Å². The predicted octanol–water partition coefficient (Wildman–Crippen LogP) is 20.0. The van der Waals surface area contributed by atoms with Crippen LogP contribution >= 0.6 is 7.82 Å². The number of phosphoric acid groups is 1. The monoisotopic (exact) mass is 1100 g/mol. The lowest BCUT2D eigenvalue weighted by Crippen LogP contribution is -2.46. The van der Waals surface area contributed by atoms with Crippen molar-refractivity contribution in [3.05, 3.63) is 72.9 Å². The number of carbonyl (C=O) groups excluding carboxylic acids is 1. The lowest BCUT2D eigenvalue weighted by molar-refractivity contribution is -0.870. The Hall–Kier alpha value is -2.06. The Balaban J connectivity index is 4.12. The van der Waals surface area contributed by atoms with Crippen molar-refractivity contribution < 1.29 is 32.9 Å². The van der Waals surface area contributed by atoms with Gasteiger partial charge in [0.1, 0.15) is 13.2 Å². The van der Waals surface area contributed by atoms with Crippen molar-refractivity contribution in [3.63, 3.8) is 0 Å². The standard InChI is InChI=1S/C68H127N2O6P/c1-6-8-10-12-14-16-18-20-22-24-26-28-30-32-34-36-37-39-41-43-45-47-49-51-53-55-57-59-61-67(71)66(65-76-77(73,74)75-64-63-70(3,4)5)69-68(72)62-60-58-56-54-52-50-48-46-44-42-40-38-35-33-31-29-27-25-23-21-19-17-15-13-11-9-7-2/h9,11,15,17,21,23,27,29,33,35,40,42,66-67,71H,6-8,10,12-14,16,18-20,22,24-26,28,30-32,34,36-39,41,43-65H2,1-5H3,(H-,69,72,73,74)/b11-9-,17-15-,23-21-,29-27-,35-33-,42-40-. The molecule has 0 bridgehead atoms. The van der Waals surface area contributed by atoms with Gasteiger partial charge < -0.3 is 28.8 Å². The summed E-state index contributed by atoms with van der Waals surface area (Å²) in [5.74, 6) is -0.172. The number of hydrogen-bond donors (Lipinski definition) is 2. The van der Waals surface area contributed by atoms with E-state index in [1.807, 2.05) is 21.1 Å². The van der Waals surface area contributed by atoms with Gasteiger partial charge in [0.2, 0.25) is 5.91 Å². The van der Waals surface area contributed by atoms with Crippen molar-refractivity contribution in [1.29, 1.82) is 0 Å². The molecule has 0 aliphatic heterocycles. The van der Waals surface area contributed by atoms with Gasteiger partial charge in [-0.05, 0) is 64.2 Å². The number of hydrogen-bond acceptors (Lipinski definition) is 6. The van der Waals surface area contributed by atoms with E-state index >= 15 is 0 Å². The molecule has 0 saturated heterocycles. The second kappa shape index (κ2) is 58.6. The summed E-state index contributed by atoms with van der Waals surface area (Å²) in [5, 5.41) is 14.1. The van der Waals surface area contributed by atoms with E-state index in [9.17, 15) is 19.4 Å². The number of nitrogens with one attached hydrogen (secondary N) is 1. The zero-order valence-electron chi connectivity index (χ0n) is 51.4. The minimum atomic E-state index is -4.59. The predicted molar refractivity (Wildman–Crippen MR) is 334 cm³/mol. The number of phosphoric ester groups is 1. The number of carbonyl (C=O) groups is 1. The zero-order chi connectivity index (χ0) is 56.3. The number of nitrogens with zero attached hydrogens (tertiary/aromatic N) is 1. The maximum atomic E-state index is 13.0. The van der Waals surface area contributed by atoms with Gasteiger partial charge in [-0.2, -0.15) is 0 Å². The topological polar surface area (TPSA) is 108 Å². The number of amides is 1. The van der Waals surface area contributed by atoms with Gasteiger partial charge in [0.15, 0.2) is 0 Å². The van der Waals surface area contributed by atoms with Crippen LogP contribution in [0.25, 0.3) is 0 Å². The molecule has 0 aliphatic rings. The van der Waals surface area contributed by atoms with Gasteiger partial charge in [0.25, 0.3) is 7.82 Å². The number of allylic oxidation sites excluding steroid dienone is 12. The highest BCUT2D eigenvalue weighted by atomic mass is 31.2. The fourth-order valence-electron chi connectivity index (χ4n) is 9.64.